The summed E-state index contributed by atoms with van der Waals surface area (Å²) in [6, 6.07) is 12.9. The quantitative estimate of drug-likeness (QED) is 0.232. The van der Waals surface area contributed by atoms with E-state index in [2.05, 4.69) is 26.9 Å². The molecule has 0 saturated heterocycles. The molecule has 2 aromatic rings. The zero-order chi connectivity index (χ0) is 20.4. The second-order valence-electron chi connectivity index (χ2n) is 5.96. The van der Waals surface area contributed by atoms with E-state index in [0.717, 1.165) is 0 Å². The van der Waals surface area contributed by atoms with Gasteiger partial charge >= 0.3 is 0 Å². The van der Waals surface area contributed by atoms with Crippen molar-refractivity contribution in [2.24, 2.45) is 4.99 Å². The minimum absolute atomic E-state index is 0. The summed E-state index contributed by atoms with van der Waals surface area (Å²) < 4.78 is 18.6. The predicted molar refractivity (Wildman–Crippen MR) is 124 cm³/mol. The Bertz CT molecular complexity index is 866. The van der Waals surface area contributed by atoms with E-state index in [1.54, 1.807) is 43.4 Å². The summed E-state index contributed by atoms with van der Waals surface area (Å²) in [6.45, 7) is 2.35. The fraction of sp³-hybridized carbons (Fsp3) is 0.238. The van der Waals surface area contributed by atoms with E-state index in [1.165, 1.54) is 12.1 Å². The molecule has 29 heavy (non-hydrogen) atoms. The first-order valence-corrected chi connectivity index (χ1v) is 8.73. The van der Waals surface area contributed by atoms with E-state index < -0.39 is 0 Å². The molecule has 0 saturated carbocycles. The number of hydrogen-bond acceptors (Lipinski definition) is 3. The standard InChI is InChI=1S/C21H23FN4O2.HI/c1-4-16-6-5-7-18(12-16)26-20(27)14-25-21(23-3)24-13-15(2)28-19-10-8-17(22)9-11-19;/h1,5-12,15H,13-14H2,2-3H3,(H,26,27)(H2,23,24,25);1H. The molecular weight excluding hydrogens is 486 g/mol. The van der Waals surface area contributed by atoms with Crippen LogP contribution in [0.25, 0.3) is 0 Å². The minimum atomic E-state index is -0.313. The second kappa shape index (κ2) is 12.6. The average Bonchev–Trinajstić information content (AvgIpc) is 2.70. The van der Waals surface area contributed by atoms with Gasteiger partial charge in [-0.2, -0.15) is 0 Å². The van der Waals surface area contributed by atoms with E-state index >= 15 is 0 Å². The zero-order valence-electron chi connectivity index (χ0n) is 16.2. The molecule has 0 fully saturated rings. The lowest BCUT2D eigenvalue weighted by atomic mass is 10.2. The number of aliphatic imine (C=N–C) groups is 1. The molecule has 154 valence electrons. The van der Waals surface area contributed by atoms with Crippen LogP contribution in [-0.4, -0.2) is 38.1 Å². The molecule has 3 N–H and O–H groups in total. The molecule has 0 aliphatic rings. The number of nitrogens with one attached hydrogen (secondary N) is 3. The summed E-state index contributed by atoms with van der Waals surface area (Å²) in [5.41, 5.74) is 1.32. The maximum Gasteiger partial charge on any atom is 0.243 e. The highest BCUT2D eigenvalue weighted by Crippen LogP contribution is 2.12. The maximum atomic E-state index is 12.9. The van der Waals surface area contributed by atoms with E-state index in [4.69, 9.17) is 11.2 Å². The highest BCUT2D eigenvalue weighted by molar-refractivity contribution is 14.0. The average molecular weight is 510 g/mol. The van der Waals surface area contributed by atoms with Gasteiger partial charge in [0.2, 0.25) is 5.91 Å². The van der Waals surface area contributed by atoms with Gasteiger partial charge in [-0.15, -0.1) is 30.4 Å². The lowest BCUT2D eigenvalue weighted by Crippen LogP contribution is -2.44. The van der Waals surface area contributed by atoms with Crippen molar-refractivity contribution in [3.8, 4) is 18.1 Å². The van der Waals surface area contributed by atoms with Crippen molar-refractivity contribution in [2.45, 2.75) is 13.0 Å². The third-order valence-corrected chi connectivity index (χ3v) is 3.66. The largest absolute Gasteiger partial charge is 0.489 e. The van der Waals surface area contributed by atoms with Crippen LogP contribution in [0.1, 0.15) is 12.5 Å². The van der Waals surface area contributed by atoms with Crippen molar-refractivity contribution in [3.05, 3.63) is 59.9 Å². The minimum Gasteiger partial charge on any atom is -0.489 e. The van der Waals surface area contributed by atoms with Crippen LogP contribution in [0.4, 0.5) is 10.1 Å². The second-order valence-corrected chi connectivity index (χ2v) is 5.96. The number of amides is 1. The topological polar surface area (TPSA) is 74.8 Å². The van der Waals surface area contributed by atoms with Gasteiger partial charge in [-0.3, -0.25) is 9.79 Å². The Morgan fingerprint density at radius 3 is 2.62 bits per heavy atom. The summed E-state index contributed by atoms with van der Waals surface area (Å²) in [5, 5.41) is 8.76. The molecule has 2 aromatic carbocycles. The Morgan fingerprint density at radius 2 is 1.97 bits per heavy atom. The summed E-state index contributed by atoms with van der Waals surface area (Å²) in [6.07, 6.45) is 5.16. The molecule has 2 rings (SSSR count). The summed E-state index contributed by atoms with van der Waals surface area (Å²) in [7, 11) is 1.61. The molecule has 0 bridgehead atoms. The number of halogens is 2. The highest BCUT2D eigenvalue weighted by atomic mass is 127. The van der Waals surface area contributed by atoms with Gasteiger partial charge in [-0.05, 0) is 49.4 Å². The molecule has 1 unspecified atom stereocenters. The molecule has 0 aromatic heterocycles. The van der Waals surface area contributed by atoms with Gasteiger partial charge < -0.3 is 20.7 Å². The smallest absolute Gasteiger partial charge is 0.243 e. The number of ether oxygens (including phenoxy) is 1. The highest BCUT2D eigenvalue weighted by Gasteiger charge is 2.08. The summed E-state index contributed by atoms with van der Waals surface area (Å²) >= 11 is 0. The number of nitrogens with zero attached hydrogens (tertiary/aromatic N) is 1. The number of guanidine groups is 1. The first-order chi connectivity index (χ1) is 13.5. The number of terminal acetylenes is 1. The van der Waals surface area contributed by atoms with Crippen molar-refractivity contribution in [3.63, 3.8) is 0 Å². The molecular formula is C21H24FIN4O2. The third-order valence-electron chi connectivity index (χ3n) is 3.66. The third kappa shape index (κ3) is 8.83. The van der Waals surface area contributed by atoms with Gasteiger partial charge in [0.05, 0.1) is 13.1 Å². The fourth-order valence-corrected chi connectivity index (χ4v) is 2.30. The number of rotatable bonds is 7. The van der Waals surface area contributed by atoms with Gasteiger partial charge in [0.1, 0.15) is 17.7 Å². The number of anilines is 1. The van der Waals surface area contributed by atoms with Crippen LogP contribution in [0, 0.1) is 18.2 Å². The molecule has 0 radical (unpaired) electrons. The molecule has 0 spiro atoms. The SMILES string of the molecule is C#Cc1cccc(NC(=O)CNC(=NC)NCC(C)Oc2ccc(F)cc2)c1.I. The number of carbonyl (C=O) groups excluding carboxylic acids is 1. The van der Waals surface area contributed by atoms with Crippen LogP contribution in [-0.2, 0) is 4.79 Å². The van der Waals surface area contributed by atoms with Gasteiger partial charge in [0.25, 0.3) is 0 Å². The number of hydrogen-bond donors (Lipinski definition) is 3. The molecule has 1 atom stereocenters. The number of carbonyl (C=O) groups is 1. The van der Waals surface area contributed by atoms with Crippen molar-refractivity contribution in [1.82, 2.24) is 10.6 Å². The van der Waals surface area contributed by atoms with E-state index in [0.29, 0.717) is 29.5 Å². The Kier molecular flexibility index (Phi) is 10.5. The fourth-order valence-electron chi connectivity index (χ4n) is 2.30. The van der Waals surface area contributed by atoms with Crippen LogP contribution < -0.4 is 20.7 Å². The molecule has 1 amide bonds. The van der Waals surface area contributed by atoms with Crippen molar-refractivity contribution in [1.29, 1.82) is 0 Å². The number of benzene rings is 2. The Hall–Kier alpha value is -2.80. The predicted octanol–water partition coefficient (Wildman–Crippen LogP) is 3.00. The van der Waals surface area contributed by atoms with Crippen molar-refractivity contribution < 1.29 is 13.9 Å². The normalized spacial score (nSPS) is 11.4. The van der Waals surface area contributed by atoms with Gasteiger partial charge in [0.15, 0.2) is 5.96 Å². The van der Waals surface area contributed by atoms with Gasteiger partial charge in [-0.25, -0.2) is 4.39 Å². The van der Waals surface area contributed by atoms with E-state index in [9.17, 15) is 9.18 Å². The lowest BCUT2D eigenvalue weighted by Gasteiger charge is -2.17. The molecule has 0 aliphatic heterocycles. The summed E-state index contributed by atoms with van der Waals surface area (Å²) in [4.78, 5) is 16.1. The van der Waals surface area contributed by atoms with Crippen LogP contribution in [0.5, 0.6) is 5.75 Å². The van der Waals surface area contributed by atoms with Crippen molar-refractivity contribution >= 4 is 41.5 Å². The monoisotopic (exact) mass is 510 g/mol. The molecule has 0 aliphatic carbocycles. The van der Waals surface area contributed by atoms with Gasteiger partial charge in [0, 0.05) is 18.3 Å². The van der Waals surface area contributed by atoms with Crippen molar-refractivity contribution in [2.75, 3.05) is 25.5 Å². The van der Waals surface area contributed by atoms with Crippen LogP contribution in [0.3, 0.4) is 0 Å². The van der Waals surface area contributed by atoms with E-state index in [-0.39, 0.29) is 48.3 Å². The first kappa shape index (κ1) is 24.2. The first-order valence-electron chi connectivity index (χ1n) is 8.73. The molecule has 6 nitrogen and oxygen atoms in total. The summed E-state index contributed by atoms with van der Waals surface area (Å²) in [5.74, 6) is 3.02. The van der Waals surface area contributed by atoms with E-state index in [1.807, 2.05) is 6.92 Å². The van der Waals surface area contributed by atoms with Crippen LogP contribution in [0.15, 0.2) is 53.5 Å². The van der Waals surface area contributed by atoms with Crippen LogP contribution >= 0.6 is 24.0 Å². The Balaban J connectivity index is 0.00000420. The molecule has 0 heterocycles. The maximum absolute atomic E-state index is 12.9. The van der Waals surface area contributed by atoms with Crippen LogP contribution in [0.2, 0.25) is 0 Å². The lowest BCUT2D eigenvalue weighted by molar-refractivity contribution is -0.115. The molecule has 8 heteroatoms. The Morgan fingerprint density at radius 1 is 1.24 bits per heavy atom. The Labute approximate surface area is 187 Å². The zero-order valence-corrected chi connectivity index (χ0v) is 18.6. The van der Waals surface area contributed by atoms with Gasteiger partial charge in [-0.1, -0.05) is 12.0 Å².